The topological polar surface area (TPSA) is 109 Å². The van der Waals surface area contributed by atoms with Crippen molar-refractivity contribution >= 4 is 49.1 Å². The zero-order chi connectivity index (χ0) is 21.0. The number of carbonyl (C=O) groups excluding carboxylic acids is 1. The molecule has 3 rings (SSSR count). The number of hydrogen-bond acceptors (Lipinski definition) is 6. The normalized spacial score (nSPS) is 11.2. The molecule has 1 amide bonds. The van der Waals surface area contributed by atoms with E-state index in [2.05, 4.69) is 31.2 Å². The highest BCUT2D eigenvalue weighted by Crippen LogP contribution is 2.21. The van der Waals surface area contributed by atoms with E-state index in [1.165, 1.54) is 36.4 Å². The highest BCUT2D eigenvalue weighted by atomic mass is 79.9. The fourth-order valence-corrected chi connectivity index (χ4v) is 4.40. The predicted molar refractivity (Wildman–Crippen MR) is 110 cm³/mol. The van der Waals surface area contributed by atoms with Gasteiger partial charge in [0.1, 0.15) is 5.82 Å². The molecule has 0 fully saturated rings. The molecule has 7 nitrogen and oxygen atoms in total. The second-order valence-electron chi connectivity index (χ2n) is 5.69. The van der Waals surface area contributed by atoms with Crippen molar-refractivity contribution < 1.29 is 17.6 Å². The van der Waals surface area contributed by atoms with Crippen LogP contribution in [0.2, 0.25) is 0 Å². The minimum atomic E-state index is -4.03. The van der Waals surface area contributed by atoms with E-state index >= 15 is 0 Å². The Balaban J connectivity index is 1.70. The second-order valence-corrected chi connectivity index (χ2v) is 9.48. The molecule has 29 heavy (non-hydrogen) atoms. The molecule has 2 N–H and O–H groups in total. The Morgan fingerprint density at radius 1 is 1.21 bits per heavy atom. The zero-order valence-corrected chi connectivity index (χ0v) is 17.8. The third-order valence-electron chi connectivity index (χ3n) is 3.61. The van der Waals surface area contributed by atoms with Gasteiger partial charge in [0.15, 0.2) is 10.1 Å². The first-order valence-electron chi connectivity index (χ1n) is 8.04. The van der Waals surface area contributed by atoms with Crippen LogP contribution in [0.3, 0.4) is 0 Å². The van der Waals surface area contributed by atoms with Crippen molar-refractivity contribution in [3.63, 3.8) is 0 Å². The molecule has 0 spiro atoms. The molecule has 0 bridgehead atoms. The zero-order valence-electron chi connectivity index (χ0n) is 14.6. The van der Waals surface area contributed by atoms with Gasteiger partial charge in [0.2, 0.25) is 15.7 Å². The van der Waals surface area contributed by atoms with Gasteiger partial charge in [0.05, 0.1) is 16.8 Å². The molecule has 0 atom stereocenters. The lowest BCUT2D eigenvalue weighted by atomic mass is 10.3. The number of anilines is 1. The molecule has 0 aliphatic carbocycles. The molecule has 3 aromatic rings. The summed E-state index contributed by atoms with van der Waals surface area (Å²) in [6.45, 7) is 0. The van der Waals surface area contributed by atoms with Crippen molar-refractivity contribution in [1.29, 1.82) is 0 Å². The largest absolute Gasteiger partial charge is 0.325 e. The lowest BCUT2D eigenvalue weighted by Gasteiger charge is -2.06. The van der Waals surface area contributed by atoms with Gasteiger partial charge < -0.3 is 10.3 Å². The van der Waals surface area contributed by atoms with E-state index in [1.54, 1.807) is 12.1 Å². The lowest BCUT2D eigenvalue weighted by molar-refractivity contribution is -0.113. The third kappa shape index (κ3) is 5.31. The minimum absolute atomic E-state index is 0.0390. The van der Waals surface area contributed by atoms with Crippen LogP contribution in [0.5, 0.6) is 0 Å². The molecular weight excluding hydrogens is 485 g/mol. The van der Waals surface area contributed by atoms with Gasteiger partial charge in [-0.05, 0) is 42.5 Å². The van der Waals surface area contributed by atoms with Crippen molar-refractivity contribution in [1.82, 2.24) is 9.97 Å². The maximum Gasteiger partial charge on any atom is 0.270 e. The van der Waals surface area contributed by atoms with Crippen LogP contribution < -0.4 is 10.9 Å². The third-order valence-corrected chi connectivity index (χ3v) is 6.78. The smallest absolute Gasteiger partial charge is 0.270 e. The number of rotatable bonds is 6. The first kappa shape index (κ1) is 21.2. The molecule has 11 heteroatoms. The number of nitrogens with zero attached hydrogens (tertiary/aromatic N) is 1. The molecular formula is C18H13BrFN3O4S2. The summed E-state index contributed by atoms with van der Waals surface area (Å²) in [6, 6.07) is 11.3. The van der Waals surface area contributed by atoms with Crippen LogP contribution in [0, 0.1) is 5.82 Å². The average molecular weight is 498 g/mol. The van der Waals surface area contributed by atoms with Crippen molar-refractivity contribution in [3.05, 3.63) is 75.4 Å². The van der Waals surface area contributed by atoms with Gasteiger partial charge in [-0.2, -0.15) is 0 Å². The van der Waals surface area contributed by atoms with Crippen LogP contribution >= 0.6 is 27.7 Å². The summed E-state index contributed by atoms with van der Waals surface area (Å²) in [4.78, 5) is 30.0. The Morgan fingerprint density at radius 3 is 2.59 bits per heavy atom. The van der Waals surface area contributed by atoms with E-state index in [-0.39, 0.29) is 15.8 Å². The number of carbonyl (C=O) groups is 1. The number of hydrogen-bond donors (Lipinski definition) is 2. The van der Waals surface area contributed by atoms with E-state index in [9.17, 15) is 22.4 Å². The molecule has 1 aromatic heterocycles. The van der Waals surface area contributed by atoms with Crippen molar-refractivity contribution in [2.75, 3.05) is 11.1 Å². The quantitative estimate of drug-likeness (QED) is 0.399. The van der Waals surface area contributed by atoms with Crippen LogP contribution in [-0.4, -0.2) is 30.0 Å². The molecule has 1 heterocycles. The van der Waals surface area contributed by atoms with E-state index in [1.807, 2.05) is 0 Å². The summed E-state index contributed by atoms with van der Waals surface area (Å²) in [5, 5.41) is 2.59. The highest BCUT2D eigenvalue weighted by Gasteiger charge is 2.22. The Bertz CT molecular complexity index is 1210. The van der Waals surface area contributed by atoms with Crippen LogP contribution in [0.4, 0.5) is 10.1 Å². The fourth-order valence-electron chi connectivity index (χ4n) is 2.27. The van der Waals surface area contributed by atoms with Crippen LogP contribution in [0.25, 0.3) is 0 Å². The maximum absolute atomic E-state index is 13.1. The van der Waals surface area contributed by atoms with Gasteiger partial charge in [0.25, 0.3) is 5.56 Å². The molecule has 0 saturated carbocycles. The summed E-state index contributed by atoms with van der Waals surface area (Å²) in [5.74, 6) is -1.03. The van der Waals surface area contributed by atoms with Crippen LogP contribution in [0.1, 0.15) is 0 Å². The molecule has 0 aliphatic heterocycles. The van der Waals surface area contributed by atoms with Crippen molar-refractivity contribution in [3.8, 4) is 0 Å². The Kier molecular flexibility index (Phi) is 6.50. The number of benzene rings is 2. The summed E-state index contributed by atoms with van der Waals surface area (Å²) in [7, 11) is -4.03. The number of halogens is 2. The van der Waals surface area contributed by atoms with Crippen molar-refractivity contribution in [2.45, 2.75) is 14.9 Å². The monoisotopic (exact) mass is 497 g/mol. The molecule has 0 saturated heterocycles. The number of nitrogens with one attached hydrogen (secondary N) is 2. The second kappa shape index (κ2) is 8.89. The first-order chi connectivity index (χ1) is 13.8. The Morgan fingerprint density at radius 2 is 1.93 bits per heavy atom. The lowest BCUT2D eigenvalue weighted by Crippen LogP contribution is -2.20. The maximum atomic E-state index is 13.1. The van der Waals surface area contributed by atoms with Crippen molar-refractivity contribution in [2.24, 2.45) is 0 Å². The highest BCUT2D eigenvalue weighted by molar-refractivity contribution is 9.10. The first-order valence-corrected chi connectivity index (χ1v) is 11.3. The van der Waals surface area contributed by atoms with E-state index in [0.717, 1.165) is 18.0 Å². The number of H-pyrrole nitrogens is 1. The standard InChI is InChI=1S/C18H13BrFN3O4S2/c19-11-4-6-14(7-5-11)29(26,27)15-9-21-18(23-17(15)25)28-10-16(24)22-13-3-1-2-12(20)8-13/h1-9H,10H2,(H,22,24)(H,21,23,25). The fraction of sp³-hybridized carbons (Fsp3) is 0.0556. The van der Waals surface area contributed by atoms with E-state index in [4.69, 9.17) is 0 Å². The van der Waals surface area contributed by atoms with Crippen LogP contribution in [-0.2, 0) is 14.6 Å². The molecule has 0 radical (unpaired) electrons. The molecule has 150 valence electrons. The van der Waals surface area contributed by atoms with E-state index in [0.29, 0.717) is 10.2 Å². The number of amides is 1. The van der Waals surface area contributed by atoms with Gasteiger partial charge >= 0.3 is 0 Å². The SMILES string of the molecule is O=C(CSc1ncc(S(=O)(=O)c2ccc(Br)cc2)c(=O)[nH]1)Nc1cccc(F)c1. The Hall–Kier alpha value is -2.50. The van der Waals surface area contributed by atoms with E-state index < -0.39 is 32.0 Å². The number of thioether (sulfide) groups is 1. The number of sulfone groups is 1. The van der Waals surface area contributed by atoms with Gasteiger partial charge in [-0.1, -0.05) is 33.8 Å². The molecule has 0 aliphatic rings. The van der Waals surface area contributed by atoms with Gasteiger partial charge in [-0.3, -0.25) is 9.59 Å². The molecule has 0 unspecified atom stereocenters. The Labute approximate surface area is 177 Å². The number of aromatic nitrogens is 2. The van der Waals surface area contributed by atoms with Gasteiger partial charge in [0, 0.05) is 10.2 Å². The summed E-state index contributed by atoms with van der Waals surface area (Å²) in [6.07, 6.45) is 0.961. The van der Waals surface area contributed by atoms with Gasteiger partial charge in [-0.25, -0.2) is 17.8 Å². The van der Waals surface area contributed by atoms with Gasteiger partial charge in [-0.15, -0.1) is 0 Å². The summed E-state index contributed by atoms with van der Waals surface area (Å²) in [5.41, 5.74) is -0.538. The summed E-state index contributed by atoms with van der Waals surface area (Å²) >= 11 is 4.13. The minimum Gasteiger partial charge on any atom is -0.325 e. The number of aromatic amines is 1. The average Bonchev–Trinajstić information content (AvgIpc) is 2.66. The van der Waals surface area contributed by atoms with Crippen LogP contribution in [0.15, 0.2) is 78.9 Å². The summed E-state index contributed by atoms with van der Waals surface area (Å²) < 4.78 is 39.0. The predicted octanol–water partition coefficient (Wildman–Crippen LogP) is 3.24. The molecule has 2 aromatic carbocycles.